The first-order valence-corrected chi connectivity index (χ1v) is 5.00. The standard InChI is InChI=1S/C9H14N6O/c10-14-7-6-15-4-3-12-9(15)8(13-7)11-2-1-5-16/h3-4,6,14,16H,1-2,5,10H2,(H,11,13). The highest BCUT2D eigenvalue weighted by atomic mass is 16.3. The average molecular weight is 222 g/mol. The van der Waals surface area contributed by atoms with Gasteiger partial charge in [-0.3, -0.25) is 0 Å². The minimum absolute atomic E-state index is 0.145. The minimum atomic E-state index is 0.145. The molecule has 2 aromatic rings. The van der Waals surface area contributed by atoms with E-state index in [-0.39, 0.29) is 6.61 Å². The molecular formula is C9H14N6O. The fourth-order valence-electron chi connectivity index (χ4n) is 1.41. The first-order chi connectivity index (χ1) is 7.85. The van der Waals surface area contributed by atoms with Gasteiger partial charge in [0.15, 0.2) is 17.3 Å². The number of hydrogen-bond donors (Lipinski definition) is 4. The smallest absolute Gasteiger partial charge is 0.180 e. The van der Waals surface area contributed by atoms with E-state index in [0.29, 0.717) is 24.6 Å². The van der Waals surface area contributed by atoms with Gasteiger partial charge < -0.3 is 20.2 Å². The van der Waals surface area contributed by atoms with Crippen LogP contribution in [-0.2, 0) is 0 Å². The number of aliphatic hydroxyl groups excluding tert-OH is 1. The second-order valence-electron chi connectivity index (χ2n) is 3.28. The lowest BCUT2D eigenvalue weighted by molar-refractivity contribution is 0.292. The highest BCUT2D eigenvalue weighted by molar-refractivity contribution is 5.65. The number of nitrogens with two attached hydrogens (primary N) is 1. The number of hydrogen-bond acceptors (Lipinski definition) is 6. The maximum absolute atomic E-state index is 8.70. The molecule has 0 bridgehead atoms. The van der Waals surface area contributed by atoms with Gasteiger partial charge in [-0.25, -0.2) is 15.8 Å². The third kappa shape index (κ3) is 2.05. The zero-order valence-corrected chi connectivity index (χ0v) is 8.72. The van der Waals surface area contributed by atoms with Crippen LogP contribution in [0, 0.1) is 0 Å². The van der Waals surface area contributed by atoms with Crippen LogP contribution in [0.15, 0.2) is 18.6 Å². The number of aromatic nitrogens is 3. The maximum atomic E-state index is 8.70. The number of nitrogens with one attached hydrogen (secondary N) is 2. The lowest BCUT2D eigenvalue weighted by Crippen LogP contribution is -2.12. The summed E-state index contributed by atoms with van der Waals surface area (Å²) in [4.78, 5) is 8.43. The Labute approximate surface area is 92.3 Å². The molecule has 2 heterocycles. The number of aliphatic hydroxyl groups is 1. The molecule has 5 N–H and O–H groups in total. The van der Waals surface area contributed by atoms with Crippen LogP contribution in [0.3, 0.4) is 0 Å². The van der Waals surface area contributed by atoms with Crippen LogP contribution < -0.4 is 16.6 Å². The normalized spacial score (nSPS) is 10.6. The van der Waals surface area contributed by atoms with Gasteiger partial charge in [-0.1, -0.05) is 0 Å². The van der Waals surface area contributed by atoms with E-state index in [2.05, 4.69) is 20.7 Å². The Bertz CT molecular complexity index is 468. The van der Waals surface area contributed by atoms with E-state index in [0.717, 1.165) is 5.65 Å². The topological polar surface area (TPSA) is 100 Å². The molecule has 0 fully saturated rings. The van der Waals surface area contributed by atoms with Crippen LogP contribution >= 0.6 is 0 Å². The fraction of sp³-hybridized carbons (Fsp3) is 0.333. The molecule has 0 aliphatic carbocycles. The van der Waals surface area contributed by atoms with Crippen LogP contribution in [0.5, 0.6) is 0 Å². The van der Waals surface area contributed by atoms with Gasteiger partial charge in [0, 0.05) is 25.5 Å². The second kappa shape index (κ2) is 4.77. The van der Waals surface area contributed by atoms with Crippen molar-refractivity contribution >= 4 is 17.3 Å². The van der Waals surface area contributed by atoms with Crippen LogP contribution in [0.2, 0.25) is 0 Å². The van der Waals surface area contributed by atoms with Gasteiger partial charge in [0.05, 0.1) is 6.20 Å². The molecule has 2 rings (SSSR count). The number of fused-ring (bicyclic) bond motifs is 1. The second-order valence-corrected chi connectivity index (χ2v) is 3.28. The quantitative estimate of drug-likeness (QED) is 0.318. The number of anilines is 2. The molecule has 7 nitrogen and oxygen atoms in total. The summed E-state index contributed by atoms with van der Waals surface area (Å²) in [7, 11) is 0. The fourth-order valence-corrected chi connectivity index (χ4v) is 1.41. The maximum Gasteiger partial charge on any atom is 0.180 e. The Kier molecular flexibility index (Phi) is 3.18. The van der Waals surface area contributed by atoms with Crippen LogP contribution in [0.1, 0.15) is 6.42 Å². The van der Waals surface area contributed by atoms with Crippen molar-refractivity contribution in [3.8, 4) is 0 Å². The van der Waals surface area contributed by atoms with Gasteiger partial charge in [0.2, 0.25) is 0 Å². The van der Waals surface area contributed by atoms with Crippen molar-refractivity contribution in [1.82, 2.24) is 14.4 Å². The summed E-state index contributed by atoms with van der Waals surface area (Å²) in [5, 5.41) is 11.8. The van der Waals surface area contributed by atoms with Gasteiger partial charge in [0.1, 0.15) is 0 Å². The molecule has 0 aliphatic rings. The average Bonchev–Trinajstić information content (AvgIpc) is 2.77. The molecule has 0 radical (unpaired) electrons. The van der Waals surface area contributed by atoms with Gasteiger partial charge in [0.25, 0.3) is 0 Å². The largest absolute Gasteiger partial charge is 0.396 e. The molecule has 0 aliphatic heterocycles. The first-order valence-electron chi connectivity index (χ1n) is 5.00. The van der Waals surface area contributed by atoms with Crippen LogP contribution in [-0.4, -0.2) is 32.6 Å². The summed E-state index contributed by atoms with van der Waals surface area (Å²) >= 11 is 0. The van der Waals surface area contributed by atoms with E-state index < -0.39 is 0 Å². The Hall–Kier alpha value is -1.86. The lowest BCUT2D eigenvalue weighted by Gasteiger charge is -2.08. The Morgan fingerprint density at radius 2 is 2.38 bits per heavy atom. The number of rotatable bonds is 5. The molecular weight excluding hydrogens is 208 g/mol. The highest BCUT2D eigenvalue weighted by Gasteiger charge is 2.05. The third-order valence-corrected chi connectivity index (χ3v) is 2.15. The summed E-state index contributed by atoms with van der Waals surface area (Å²) < 4.78 is 1.82. The summed E-state index contributed by atoms with van der Waals surface area (Å²) in [5.41, 5.74) is 3.22. The van der Waals surface area contributed by atoms with Crippen molar-refractivity contribution in [1.29, 1.82) is 0 Å². The molecule has 0 atom stereocenters. The predicted octanol–water partition coefficient (Wildman–Crippen LogP) is -0.191. The van der Waals surface area contributed by atoms with E-state index in [1.54, 1.807) is 12.4 Å². The lowest BCUT2D eigenvalue weighted by atomic mass is 10.4. The summed E-state index contributed by atoms with van der Waals surface area (Å²) in [5.74, 6) is 6.52. The monoisotopic (exact) mass is 222 g/mol. The summed E-state index contributed by atoms with van der Waals surface area (Å²) in [6, 6.07) is 0. The summed E-state index contributed by atoms with van der Waals surface area (Å²) in [6.07, 6.45) is 5.91. The van der Waals surface area contributed by atoms with Crippen molar-refractivity contribution in [2.45, 2.75) is 6.42 Å². The van der Waals surface area contributed by atoms with Crippen molar-refractivity contribution in [2.75, 3.05) is 23.9 Å². The van der Waals surface area contributed by atoms with E-state index in [1.807, 2.05) is 10.6 Å². The highest BCUT2D eigenvalue weighted by Crippen LogP contribution is 2.15. The molecule has 86 valence electrons. The molecule has 16 heavy (non-hydrogen) atoms. The van der Waals surface area contributed by atoms with E-state index in [4.69, 9.17) is 10.9 Å². The van der Waals surface area contributed by atoms with Crippen molar-refractivity contribution in [3.05, 3.63) is 18.6 Å². The number of nitrogen functional groups attached to an aromatic ring is 1. The number of hydrazine groups is 1. The van der Waals surface area contributed by atoms with Crippen molar-refractivity contribution in [2.24, 2.45) is 5.84 Å². The van der Waals surface area contributed by atoms with Crippen LogP contribution in [0.25, 0.3) is 5.65 Å². The molecule has 0 saturated carbocycles. The van der Waals surface area contributed by atoms with Gasteiger partial charge in [-0.15, -0.1) is 0 Å². The van der Waals surface area contributed by atoms with Gasteiger partial charge >= 0.3 is 0 Å². The molecule has 0 unspecified atom stereocenters. The minimum Gasteiger partial charge on any atom is -0.396 e. The summed E-state index contributed by atoms with van der Waals surface area (Å²) in [6.45, 7) is 0.784. The van der Waals surface area contributed by atoms with Crippen molar-refractivity contribution < 1.29 is 5.11 Å². The third-order valence-electron chi connectivity index (χ3n) is 2.15. The van der Waals surface area contributed by atoms with Crippen LogP contribution in [0.4, 0.5) is 11.6 Å². The number of nitrogens with zero attached hydrogens (tertiary/aromatic N) is 3. The number of imidazole rings is 1. The molecule has 2 aromatic heterocycles. The molecule has 0 amide bonds. The predicted molar refractivity (Wildman–Crippen MR) is 61.0 cm³/mol. The van der Waals surface area contributed by atoms with E-state index in [9.17, 15) is 0 Å². The van der Waals surface area contributed by atoms with Gasteiger partial charge in [-0.2, -0.15) is 0 Å². The van der Waals surface area contributed by atoms with E-state index in [1.165, 1.54) is 0 Å². The molecule has 0 saturated heterocycles. The Morgan fingerprint density at radius 3 is 3.12 bits per heavy atom. The molecule has 7 heteroatoms. The zero-order valence-electron chi connectivity index (χ0n) is 8.72. The van der Waals surface area contributed by atoms with Crippen molar-refractivity contribution in [3.63, 3.8) is 0 Å². The molecule has 0 spiro atoms. The SMILES string of the molecule is NNc1cn2ccnc2c(NCCCO)n1. The molecule has 0 aromatic carbocycles. The Balaban J connectivity index is 2.29. The first kappa shape index (κ1) is 10.7. The van der Waals surface area contributed by atoms with Gasteiger partial charge in [-0.05, 0) is 6.42 Å². The van der Waals surface area contributed by atoms with E-state index >= 15 is 0 Å². The Morgan fingerprint density at radius 1 is 1.50 bits per heavy atom. The zero-order chi connectivity index (χ0) is 11.4.